The fraction of sp³-hybridized carbons (Fsp3) is 0.500. The molecule has 0 aliphatic carbocycles. The Balaban J connectivity index is 1.95. The van der Waals surface area contributed by atoms with Crippen molar-refractivity contribution in [3.63, 3.8) is 0 Å². The normalized spacial score (nSPS) is 17.1. The second-order valence-electron chi connectivity index (χ2n) is 5.82. The first-order valence-corrected chi connectivity index (χ1v) is 7.91. The molecule has 1 aromatic rings. The van der Waals surface area contributed by atoms with Gasteiger partial charge < -0.3 is 10.2 Å². The Kier molecular flexibility index (Phi) is 5.89. The fourth-order valence-corrected chi connectivity index (χ4v) is 2.69. The third kappa shape index (κ3) is 4.85. The molecular weight excluding hydrogens is 337 g/mol. The highest BCUT2D eigenvalue weighted by atomic mass is 19.4. The van der Waals surface area contributed by atoms with Gasteiger partial charge in [0, 0.05) is 38.9 Å². The Morgan fingerprint density at radius 3 is 2.36 bits per heavy atom. The molecule has 0 radical (unpaired) electrons. The number of urea groups is 1. The van der Waals surface area contributed by atoms with E-state index in [-0.39, 0.29) is 0 Å². The van der Waals surface area contributed by atoms with E-state index in [1.807, 2.05) is 9.80 Å². The van der Waals surface area contributed by atoms with Crippen molar-refractivity contribution in [2.75, 3.05) is 38.1 Å². The lowest BCUT2D eigenvalue weighted by Crippen LogP contribution is -2.55. The maximum atomic E-state index is 12.8. The van der Waals surface area contributed by atoms with Gasteiger partial charge in [0.15, 0.2) is 0 Å². The smallest absolute Gasteiger partial charge is 0.369 e. The minimum absolute atomic E-state index is 0.410. The van der Waals surface area contributed by atoms with Gasteiger partial charge in [-0.1, -0.05) is 6.07 Å². The van der Waals surface area contributed by atoms with Crippen LogP contribution < -0.4 is 15.5 Å². The van der Waals surface area contributed by atoms with Gasteiger partial charge >= 0.3 is 12.2 Å². The molecule has 25 heavy (non-hydrogen) atoms. The van der Waals surface area contributed by atoms with Gasteiger partial charge in [0.05, 0.1) is 11.6 Å². The summed E-state index contributed by atoms with van der Waals surface area (Å²) in [6.45, 7) is 3.72. The lowest BCUT2D eigenvalue weighted by molar-refractivity contribution is -0.137. The molecule has 1 aromatic carbocycles. The van der Waals surface area contributed by atoms with Crippen LogP contribution in [-0.2, 0) is 11.0 Å². The molecular formula is C16H21F3N4O2. The first kappa shape index (κ1) is 19.0. The number of hydrogen-bond donors (Lipinski definition) is 2. The molecule has 0 aromatic heterocycles. The van der Waals surface area contributed by atoms with E-state index in [9.17, 15) is 22.8 Å². The van der Waals surface area contributed by atoms with Crippen molar-refractivity contribution in [3.8, 4) is 0 Å². The number of hydrogen-bond acceptors (Lipinski definition) is 4. The zero-order chi connectivity index (χ0) is 18.6. The Labute approximate surface area is 144 Å². The van der Waals surface area contributed by atoms with Gasteiger partial charge in [-0.2, -0.15) is 13.2 Å². The molecule has 3 amide bonds. The van der Waals surface area contributed by atoms with Gasteiger partial charge in [0.2, 0.25) is 5.91 Å². The first-order chi connectivity index (χ1) is 11.7. The van der Waals surface area contributed by atoms with Crippen LogP contribution in [0.2, 0.25) is 0 Å². The summed E-state index contributed by atoms with van der Waals surface area (Å²) in [4.78, 5) is 26.9. The van der Waals surface area contributed by atoms with E-state index in [1.54, 1.807) is 13.0 Å². The van der Waals surface area contributed by atoms with E-state index in [4.69, 9.17) is 0 Å². The number of alkyl halides is 3. The zero-order valence-corrected chi connectivity index (χ0v) is 14.1. The van der Waals surface area contributed by atoms with Crippen LogP contribution in [0.1, 0.15) is 12.5 Å². The number of imide groups is 1. The van der Waals surface area contributed by atoms with Crippen LogP contribution in [0, 0.1) is 0 Å². The SMILES string of the molecule is CNC(=O)NC(=O)C(C)N1CCN(c2cccc(C(F)(F)F)c2)CC1. The van der Waals surface area contributed by atoms with Crippen molar-refractivity contribution in [2.24, 2.45) is 0 Å². The number of rotatable bonds is 3. The van der Waals surface area contributed by atoms with Crippen molar-refractivity contribution in [3.05, 3.63) is 29.8 Å². The highest BCUT2D eigenvalue weighted by Gasteiger charge is 2.31. The number of amides is 3. The Bertz CT molecular complexity index is 628. The van der Waals surface area contributed by atoms with Crippen LogP contribution >= 0.6 is 0 Å². The van der Waals surface area contributed by atoms with Crippen LogP contribution in [0.3, 0.4) is 0 Å². The molecule has 9 heteroatoms. The molecule has 1 saturated heterocycles. The maximum Gasteiger partial charge on any atom is 0.416 e. The summed E-state index contributed by atoms with van der Waals surface area (Å²) in [5.74, 6) is -0.410. The summed E-state index contributed by atoms with van der Waals surface area (Å²) in [6, 6.07) is 4.15. The predicted octanol–water partition coefficient (Wildman–Crippen LogP) is 1.67. The average molecular weight is 358 g/mol. The number of anilines is 1. The average Bonchev–Trinajstić information content (AvgIpc) is 2.60. The standard InChI is InChI=1S/C16H21F3N4O2/c1-11(14(24)21-15(25)20-2)22-6-8-23(9-7-22)13-5-3-4-12(10-13)16(17,18)19/h3-5,10-11H,6-9H2,1-2H3,(H2,20,21,24,25). The molecule has 6 nitrogen and oxygen atoms in total. The summed E-state index contributed by atoms with van der Waals surface area (Å²) in [6.07, 6.45) is -4.37. The zero-order valence-electron chi connectivity index (χ0n) is 14.1. The molecule has 1 heterocycles. The summed E-state index contributed by atoms with van der Waals surface area (Å²) in [5.41, 5.74) is -0.164. The number of piperazine rings is 1. The van der Waals surface area contributed by atoms with E-state index in [2.05, 4.69) is 10.6 Å². The summed E-state index contributed by atoms with van der Waals surface area (Å²) < 4.78 is 38.5. The van der Waals surface area contributed by atoms with Crippen LogP contribution in [0.25, 0.3) is 0 Å². The van der Waals surface area contributed by atoms with E-state index >= 15 is 0 Å². The molecule has 1 aliphatic heterocycles. The van der Waals surface area contributed by atoms with E-state index in [0.717, 1.165) is 12.1 Å². The lowest BCUT2D eigenvalue weighted by Gasteiger charge is -2.38. The van der Waals surface area contributed by atoms with Crippen LogP contribution in [0.5, 0.6) is 0 Å². The summed E-state index contributed by atoms with van der Waals surface area (Å²) in [7, 11) is 1.42. The molecule has 1 atom stereocenters. The van der Waals surface area contributed by atoms with Crippen molar-refractivity contribution < 1.29 is 22.8 Å². The Morgan fingerprint density at radius 1 is 1.16 bits per heavy atom. The van der Waals surface area contributed by atoms with Crippen molar-refractivity contribution >= 4 is 17.6 Å². The number of carbonyl (C=O) groups excluding carboxylic acids is 2. The topological polar surface area (TPSA) is 64.7 Å². The van der Waals surface area contributed by atoms with Crippen molar-refractivity contribution in [1.82, 2.24) is 15.5 Å². The highest BCUT2D eigenvalue weighted by molar-refractivity contribution is 5.96. The van der Waals surface area contributed by atoms with Crippen molar-refractivity contribution in [1.29, 1.82) is 0 Å². The first-order valence-electron chi connectivity index (χ1n) is 7.91. The maximum absolute atomic E-state index is 12.8. The minimum atomic E-state index is -4.37. The molecule has 1 aliphatic rings. The number of nitrogens with one attached hydrogen (secondary N) is 2. The van der Waals surface area contributed by atoms with E-state index in [1.165, 1.54) is 13.1 Å². The second-order valence-corrected chi connectivity index (χ2v) is 5.82. The molecule has 1 fully saturated rings. The second kappa shape index (κ2) is 7.73. The van der Waals surface area contributed by atoms with Gasteiger partial charge in [-0.05, 0) is 25.1 Å². The predicted molar refractivity (Wildman–Crippen MR) is 87.3 cm³/mol. The number of halogens is 3. The molecule has 138 valence electrons. The van der Waals surface area contributed by atoms with Crippen molar-refractivity contribution in [2.45, 2.75) is 19.1 Å². The molecule has 1 unspecified atom stereocenters. The Morgan fingerprint density at radius 2 is 1.80 bits per heavy atom. The number of benzene rings is 1. The minimum Gasteiger partial charge on any atom is -0.369 e. The third-order valence-electron chi connectivity index (χ3n) is 4.24. The summed E-state index contributed by atoms with van der Waals surface area (Å²) in [5, 5.41) is 4.53. The fourth-order valence-electron chi connectivity index (χ4n) is 2.69. The third-order valence-corrected chi connectivity index (χ3v) is 4.24. The van der Waals surface area contributed by atoms with Gasteiger partial charge in [0.25, 0.3) is 0 Å². The monoisotopic (exact) mass is 358 g/mol. The number of carbonyl (C=O) groups is 2. The highest BCUT2D eigenvalue weighted by Crippen LogP contribution is 2.31. The van der Waals surface area contributed by atoms with Gasteiger partial charge in [-0.25, -0.2) is 4.79 Å². The van der Waals surface area contributed by atoms with E-state index < -0.39 is 29.7 Å². The van der Waals surface area contributed by atoms with Crippen LogP contribution in [-0.4, -0.2) is 56.1 Å². The van der Waals surface area contributed by atoms with Gasteiger partial charge in [0.1, 0.15) is 0 Å². The van der Waals surface area contributed by atoms with Gasteiger partial charge in [-0.3, -0.25) is 15.0 Å². The molecule has 2 N–H and O–H groups in total. The van der Waals surface area contributed by atoms with Crippen LogP contribution in [0.4, 0.5) is 23.7 Å². The molecule has 0 spiro atoms. The summed E-state index contributed by atoms with van der Waals surface area (Å²) >= 11 is 0. The molecule has 2 rings (SSSR count). The molecule has 0 saturated carbocycles. The van der Waals surface area contributed by atoms with E-state index in [0.29, 0.717) is 31.9 Å². The van der Waals surface area contributed by atoms with Crippen LogP contribution in [0.15, 0.2) is 24.3 Å². The largest absolute Gasteiger partial charge is 0.416 e. The van der Waals surface area contributed by atoms with Gasteiger partial charge in [-0.15, -0.1) is 0 Å². The Hall–Kier alpha value is -2.29. The quantitative estimate of drug-likeness (QED) is 0.863. The molecule has 0 bridgehead atoms. The lowest BCUT2D eigenvalue weighted by atomic mass is 10.1. The number of nitrogens with zero attached hydrogens (tertiary/aromatic N) is 2.